The molecule has 0 saturated carbocycles. The number of benzene rings is 3. The predicted molar refractivity (Wildman–Crippen MR) is 132 cm³/mol. The topological polar surface area (TPSA) is 66.5 Å². The Morgan fingerprint density at radius 3 is 2.29 bits per heavy atom. The van der Waals surface area contributed by atoms with E-state index in [0.29, 0.717) is 37.5 Å². The van der Waals surface area contributed by atoms with E-state index in [4.69, 9.17) is 0 Å². The molecule has 1 fully saturated rings. The Hall–Kier alpha value is -3.03. The molecule has 7 heteroatoms. The van der Waals surface area contributed by atoms with Gasteiger partial charge >= 0.3 is 0 Å². The lowest BCUT2D eigenvalue weighted by atomic mass is 9.91. The third-order valence-electron chi connectivity index (χ3n) is 6.37. The average Bonchev–Trinajstić information content (AvgIpc) is 2.85. The number of carbonyl (C=O) groups excluding carboxylic acids is 1. The molecular weight excluding hydrogens is 451 g/mol. The zero-order valence-corrected chi connectivity index (χ0v) is 20.0. The monoisotopic (exact) mass is 480 g/mol. The number of sulfonamides is 1. The zero-order valence-electron chi connectivity index (χ0n) is 19.2. The van der Waals surface area contributed by atoms with Crippen molar-refractivity contribution >= 4 is 21.6 Å². The molecular formula is C27H29FN2O3S. The molecule has 0 bridgehead atoms. The number of aryl methyl sites for hydroxylation is 1. The predicted octanol–water partition coefficient (Wildman–Crippen LogP) is 5.28. The van der Waals surface area contributed by atoms with Crippen LogP contribution in [-0.2, 0) is 22.9 Å². The minimum absolute atomic E-state index is 0.0958. The van der Waals surface area contributed by atoms with Crippen LogP contribution in [0.1, 0.15) is 41.3 Å². The summed E-state index contributed by atoms with van der Waals surface area (Å²) in [5.74, 6) is -0.951. The Morgan fingerprint density at radius 1 is 0.971 bits per heavy atom. The highest BCUT2D eigenvalue weighted by atomic mass is 32.2. The van der Waals surface area contributed by atoms with E-state index in [1.807, 2.05) is 37.3 Å². The minimum atomic E-state index is -4.05. The first-order chi connectivity index (χ1) is 16.4. The van der Waals surface area contributed by atoms with Gasteiger partial charge in [0.1, 0.15) is 10.7 Å². The molecule has 1 saturated heterocycles. The van der Waals surface area contributed by atoms with E-state index in [-0.39, 0.29) is 5.56 Å². The van der Waals surface area contributed by atoms with Crippen LogP contribution >= 0.6 is 0 Å². The molecule has 1 N–H and O–H groups in total. The maximum atomic E-state index is 14.6. The molecule has 3 aromatic carbocycles. The van der Waals surface area contributed by atoms with Gasteiger partial charge in [-0.2, -0.15) is 4.31 Å². The number of amides is 1. The van der Waals surface area contributed by atoms with Crippen LogP contribution in [0.15, 0.2) is 77.7 Å². The second-order valence-corrected chi connectivity index (χ2v) is 10.6. The second kappa shape index (κ2) is 10.5. The molecule has 1 amide bonds. The smallest absolute Gasteiger partial charge is 0.255 e. The lowest BCUT2D eigenvalue weighted by Gasteiger charge is -2.31. The maximum Gasteiger partial charge on any atom is 0.255 e. The number of halogens is 1. The van der Waals surface area contributed by atoms with Gasteiger partial charge in [0.05, 0.1) is 0 Å². The normalized spacial score (nSPS) is 15.2. The Kier molecular flexibility index (Phi) is 7.44. The van der Waals surface area contributed by atoms with Crippen LogP contribution in [0, 0.1) is 11.7 Å². The van der Waals surface area contributed by atoms with Crippen LogP contribution < -0.4 is 5.32 Å². The van der Waals surface area contributed by atoms with Gasteiger partial charge in [0.2, 0.25) is 10.0 Å². The van der Waals surface area contributed by atoms with Crippen LogP contribution in [-0.4, -0.2) is 31.7 Å². The Morgan fingerprint density at radius 2 is 1.65 bits per heavy atom. The molecule has 1 aliphatic heterocycles. The van der Waals surface area contributed by atoms with Gasteiger partial charge in [0, 0.05) is 24.3 Å². The van der Waals surface area contributed by atoms with Crippen molar-refractivity contribution < 1.29 is 17.6 Å². The summed E-state index contributed by atoms with van der Waals surface area (Å²) in [7, 11) is -4.05. The van der Waals surface area contributed by atoms with Gasteiger partial charge < -0.3 is 5.32 Å². The highest BCUT2D eigenvalue weighted by molar-refractivity contribution is 7.89. The molecule has 0 atom stereocenters. The Bertz CT molecular complexity index is 1240. The van der Waals surface area contributed by atoms with Crippen molar-refractivity contribution in [2.75, 3.05) is 18.4 Å². The number of carbonyl (C=O) groups is 1. The summed E-state index contributed by atoms with van der Waals surface area (Å²) in [5.41, 5.74) is 3.06. The van der Waals surface area contributed by atoms with Crippen molar-refractivity contribution in [3.8, 4) is 0 Å². The van der Waals surface area contributed by atoms with Gasteiger partial charge in [-0.05, 0) is 73.1 Å². The number of rotatable bonds is 7. The fraction of sp³-hybridized carbons (Fsp3) is 0.296. The Balaban J connectivity index is 1.45. The van der Waals surface area contributed by atoms with Gasteiger partial charge in [-0.25, -0.2) is 12.8 Å². The number of hydrogen-bond donors (Lipinski definition) is 1. The molecule has 0 spiro atoms. The van der Waals surface area contributed by atoms with Crippen LogP contribution in [0.5, 0.6) is 0 Å². The van der Waals surface area contributed by atoms with Gasteiger partial charge in [-0.15, -0.1) is 0 Å². The van der Waals surface area contributed by atoms with E-state index in [1.165, 1.54) is 15.9 Å². The SMILES string of the molecule is CCc1ccc(NC(=O)c2ccc(F)c(S(=O)(=O)N3CCC(Cc4ccccc4)CC3)c2)cc1. The standard InChI is InChI=1S/C27H29FN2O3S/c1-2-20-8-11-24(12-9-20)29-27(31)23-10-13-25(28)26(19-23)34(32,33)30-16-14-22(15-17-30)18-21-6-4-3-5-7-21/h3-13,19,22H,2,14-18H2,1H3,(H,29,31). The summed E-state index contributed by atoms with van der Waals surface area (Å²) in [6, 6.07) is 21.0. The average molecular weight is 481 g/mol. The van der Waals surface area contributed by atoms with E-state index >= 15 is 0 Å². The number of anilines is 1. The first-order valence-corrected chi connectivity index (χ1v) is 13.0. The van der Waals surface area contributed by atoms with E-state index in [9.17, 15) is 17.6 Å². The largest absolute Gasteiger partial charge is 0.322 e. The fourth-order valence-electron chi connectivity index (χ4n) is 4.31. The Labute approximate surface area is 200 Å². The first-order valence-electron chi connectivity index (χ1n) is 11.6. The van der Waals surface area contributed by atoms with Crippen LogP contribution in [0.4, 0.5) is 10.1 Å². The number of nitrogens with one attached hydrogen (secondary N) is 1. The summed E-state index contributed by atoms with van der Waals surface area (Å²) in [5, 5.41) is 2.75. The van der Waals surface area contributed by atoms with Gasteiger partial charge in [-0.1, -0.05) is 49.4 Å². The van der Waals surface area contributed by atoms with E-state index in [0.717, 1.165) is 30.5 Å². The first kappa shape index (κ1) is 24.1. The van der Waals surface area contributed by atoms with Gasteiger partial charge in [-0.3, -0.25) is 4.79 Å². The summed E-state index contributed by atoms with van der Waals surface area (Å²) in [6.07, 6.45) is 3.21. The van der Waals surface area contributed by atoms with Gasteiger partial charge in [0.25, 0.3) is 5.91 Å². The molecule has 34 heavy (non-hydrogen) atoms. The molecule has 0 aliphatic carbocycles. The fourth-order valence-corrected chi connectivity index (χ4v) is 5.87. The quantitative estimate of drug-likeness (QED) is 0.500. The van der Waals surface area contributed by atoms with Crippen LogP contribution in [0.2, 0.25) is 0 Å². The van der Waals surface area contributed by atoms with E-state index in [1.54, 1.807) is 12.1 Å². The second-order valence-electron chi connectivity index (χ2n) is 8.69. The third-order valence-corrected chi connectivity index (χ3v) is 8.29. The molecule has 4 rings (SSSR count). The van der Waals surface area contributed by atoms with Crippen molar-refractivity contribution in [3.63, 3.8) is 0 Å². The maximum absolute atomic E-state index is 14.6. The molecule has 3 aromatic rings. The molecule has 5 nitrogen and oxygen atoms in total. The van der Waals surface area contributed by atoms with Gasteiger partial charge in [0.15, 0.2) is 0 Å². The molecule has 178 valence electrons. The highest BCUT2D eigenvalue weighted by Gasteiger charge is 2.32. The summed E-state index contributed by atoms with van der Waals surface area (Å²) < 4.78 is 42.4. The van der Waals surface area contributed by atoms with Crippen molar-refractivity contribution in [2.45, 2.75) is 37.5 Å². The molecule has 1 aliphatic rings. The molecule has 0 radical (unpaired) electrons. The molecule has 0 unspecified atom stereocenters. The lowest BCUT2D eigenvalue weighted by Crippen LogP contribution is -2.39. The van der Waals surface area contributed by atoms with E-state index in [2.05, 4.69) is 17.4 Å². The number of hydrogen-bond acceptors (Lipinski definition) is 3. The molecule has 1 heterocycles. The number of nitrogens with zero attached hydrogens (tertiary/aromatic N) is 1. The lowest BCUT2D eigenvalue weighted by molar-refractivity contribution is 0.102. The highest BCUT2D eigenvalue weighted by Crippen LogP contribution is 2.28. The van der Waals surface area contributed by atoms with Crippen molar-refractivity contribution in [1.82, 2.24) is 4.31 Å². The van der Waals surface area contributed by atoms with Crippen molar-refractivity contribution in [2.24, 2.45) is 5.92 Å². The minimum Gasteiger partial charge on any atom is -0.322 e. The summed E-state index contributed by atoms with van der Waals surface area (Å²) in [4.78, 5) is 12.3. The number of piperidine rings is 1. The van der Waals surface area contributed by atoms with Crippen molar-refractivity contribution in [3.05, 3.63) is 95.3 Å². The van der Waals surface area contributed by atoms with Crippen molar-refractivity contribution in [1.29, 1.82) is 0 Å². The van der Waals surface area contributed by atoms with Crippen LogP contribution in [0.3, 0.4) is 0 Å². The van der Waals surface area contributed by atoms with Crippen LogP contribution in [0.25, 0.3) is 0 Å². The third kappa shape index (κ3) is 5.54. The summed E-state index contributed by atoms with van der Waals surface area (Å²) in [6.45, 7) is 2.71. The molecule has 0 aromatic heterocycles. The van der Waals surface area contributed by atoms with E-state index < -0.39 is 26.6 Å². The zero-order chi connectivity index (χ0) is 24.1. The summed E-state index contributed by atoms with van der Waals surface area (Å²) >= 11 is 0.